The molecule has 0 radical (unpaired) electrons. The van der Waals surface area contributed by atoms with Crippen molar-refractivity contribution in [1.29, 1.82) is 0 Å². The molecule has 0 aliphatic heterocycles. The zero-order valence-electron chi connectivity index (χ0n) is 17.1. The summed E-state index contributed by atoms with van der Waals surface area (Å²) in [7, 11) is 3.29. The van der Waals surface area contributed by atoms with Crippen LogP contribution in [0, 0.1) is 10.1 Å². The van der Waals surface area contributed by atoms with Gasteiger partial charge in [0.05, 0.1) is 21.7 Å². The van der Waals surface area contributed by atoms with E-state index in [9.17, 15) is 24.5 Å². The summed E-state index contributed by atoms with van der Waals surface area (Å²) in [6, 6.07) is 10.6. The molecule has 3 rings (SSSR count). The lowest BCUT2D eigenvalue weighted by atomic mass is 10.1. The minimum atomic E-state index is -0.872. The summed E-state index contributed by atoms with van der Waals surface area (Å²) in [6.45, 7) is -0.610. The van der Waals surface area contributed by atoms with Crippen LogP contribution >= 0.6 is 0 Å². The van der Waals surface area contributed by atoms with Gasteiger partial charge in [0.2, 0.25) is 0 Å². The maximum absolute atomic E-state index is 12.3. The predicted molar refractivity (Wildman–Crippen MR) is 113 cm³/mol. The fourth-order valence-corrected chi connectivity index (χ4v) is 2.86. The second-order valence-corrected chi connectivity index (χ2v) is 7.27. The SMILES string of the molecule is CN(C)c1ccc(C(=O)OCC(=O)Nc2ccccc2C(=O)NC2CC2)cc1[N+](=O)[O-]. The Morgan fingerprint density at radius 1 is 1.16 bits per heavy atom. The van der Waals surface area contributed by atoms with E-state index in [0.717, 1.165) is 18.9 Å². The van der Waals surface area contributed by atoms with Gasteiger partial charge in [0, 0.05) is 26.2 Å². The number of hydrogen-bond acceptors (Lipinski definition) is 7. The Kier molecular flexibility index (Phi) is 6.49. The quantitative estimate of drug-likeness (QED) is 0.376. The smallest absolute Gasteiger partial charge is 0.338 e. The first-order valence-corrected chi connectivity index (χ1v) is 9.59. The molecule has 1 aliphatic carbocycles. The van der Waals surface area contributed by atoms with Crippen molar-refractivity contribution in [2.45, 2.75) is 18.9 Å². The van der Waals surface area contributed by atoms with Gasteiger partial charge >= 0.3 is 5.97 Å². The molecule has 162 valence electrons. The van der Waals surface area contributed by atoms with E-state index in [1.807, 2.05) is 0 Å². The summed E-state index contributed by atoms with van der Waals surface area (Å²) in [6.07, 6.45) is 1.87. The van der Waals surface area contributed by atoms with Crippen LogP contribution in [-0.4, -0.2) is 49.5 Å². The molecule has 31 heavy (non-hydrogen) atoms. The molecule has 0 saturated heterocycles. The predicted octanol–water partition coefficient (Wildman–Crippen LogP) is 2.35. The number of anilines is 2. The van der Waals surface area contributed by atoms with Crippen molar-refractivity contribution >= 4 is 34.8 Å². The van der Waals surface area contributed by atoms with E-state index in [4.69, 9.17) is 4.74 Å². The molecular formula is C21H22N4O6. The lowest BCUT2D eigenvalue weighted by molar-refractivity contribution is -0.384. The third kappa shape index (κ3) is 5.56. The molecule has 2 amide bonds. The number of nitrogens with one attached hydrogen (secondary N) is 2. The van der Waals surface area contributed by atoms with Gasteiger partial charge in [0.25, 0.3) is 17.5 Å². The van der Waals surface area contributed by atoms with Gasteiger partial charge < -0.3 is 20.3 Å². The van der Waals surface area contributed by atoms with E-state index < -0.39 is 23.4 Å². The van der Waals surface area contributed by atoms with Crippen LogP contribution in [0.5, 0.6) is 0 Å². The molecule has 0 aromatic heterocycles. The van der Waals surface area contributed by atoms with Gasteiger partial charge in [-0.2, -0.15) is 0 Å². The molecular weight excluding hydrogens is 404 g/mol. The fraction of sp³-hybridized carbons (Fsp3) is 0.286. The monoisotopic (exact) mass is 426 g/mol. The van der Waals surface area contributed by atoms with E-state index in [0.29, 0.717) is 16.9 Å². The Hall–Kier alpha value is -3.95. The van der Waals surface area contributed by atoms with Crippen molar-refractivity contribution in [2.75, 3.05) is 30.9 Å². The van der Waals surface area contributed by atoms with Crippen LogP contribution in [0.2, 0.25) is 0 Å². The Morgan fingerprint density at radius 2 is 1.87 bits per heavy atom. The number of hydrogen-bond donors (Lipinski definition) is 2. The molecule has 0 spiro atoms. The molecule has 10 nitrogen and oxygen atoms in total. The van der Waals surface area contributed by atoms with E-state index >= 15 is 0 Å². The standard InChI is InChI=1S/C21H22N4O6/c1-24(2)17-10-7-13(11-18(17)25(29)30)21(28)31-12-19(26)23-16-6-4-3-5-15(16)20(27)22-14-8-9-14/h3-7,10-11,14H,8-9,12H2,1-2H3,(H,22,27)(H,23,26). The lowest BCUT2D eigenvalue weighted by Crippen LogP contribution is -2.28. The third-order valence-electron chi connectivity index (χ3n) is 4.58. The maximum atomic E-state index is 12.3. The summed E-state index contributed by atoms with van der Waals surface area (Å²) < 4.78 is 4.98. The van der Waals surface area contributed by atoms with Gasteiger partial charge in [-0.25, -0.2) is 4.79 Å². The highest BCUT2D eigenvalue weighted by molar-refractivity contribution is 6.04. The maximum Gasteiger partial charge on any atom is 0.338 e. The van der Waals surface area contributed by atoms with Crippen molar-refractivity contribution in [2.24, 2.45) is 0 Å². The third-order valence-corrected chi connectivity index (χ3v) is 4.58. The van der Waals surface area contributed by atoms with Gasteiger partial charge in [-0.3, -0.25) is 19.7 Å². The summed E-state index contributed by atoms with van der Waals surface area (Å²) in [5.74, 6) is -1.80. The Balaban J connectivity index is 1.62. The average molecular weight is 426 g/mol. The van der Waals surface area contributed by atoms with Crippen molar-refractivity contribution in [1.82, 2.24) is 5.32 Å². The number of carbonyl (C=O) groups excluding carboxylic acids is 3. The molecule has 2 N–H and O–H groups in total. The largest absolute Gasteiger partial charge is 0.452 e. The van der Waals surface area contributed by atoms with Gasteiger partial charge in [-0.05, 0) is 37.1 Å². The Morgan fingerprint density at radius 3 is 2.52 bits per heavy atom. The number of para-hydroxylation sites is 1. The number of ether oxygens (including phenoxy) is 1. The fourth-order valence-electron chi connectivity index (χ4n) is 2.86. The number of rotatable bonds is 8. The number of amides is 2. The van der Waals surface area contributed by atoms with E-state index in [2.05, 4.69) is 10.6 Å². The number of esters is 1. The number of benzene rings is 2. The second-order valence-electron chi connectivity index (χ2n) is 7.27. The van der Waals surface area contributed by atoms with Crippen LogP contribution in [0.15, 0.2) is 42.5 Å². The molecule has 2 aromatic rings. The normalized spacial score (nSPS) is 12.6. The van der Waals surface area contributed by atoms with Crippen molar-refractivity contribution in [3.8, 4) is 0 Å². The second kappa shape index (κ2) is 9.24. The van der Waals surface area contributed by atoms with E-state index in [1.54, 1.807) is 43.3 Å². The van der Waals surface area contributed by atoms with Crippen LogP contribution in [0.25, 0.3) is 0 Å². The lowest BCUT2D eigenvalue weighted by Gasteiger charge is -2.13. The molecule has 1 fully saturated rings. The summed E-state index contributed by atoms with van der Waals surface area (Å²) in [4.78, 5) is 49.0. The first kappa shape index (κ1) is 21.8. The highest BCUT2D eigenvalue weighted by Gasteiger charge is 2.25. The molecule has 0 bridgehead atoms. The van der Waals surface area contributed by atoms with E-state index in [-0.39, 0.29) is 23.2 Å². The summed E-state index contributed by atoms with van der Waals surface area (Å²) in [5.41, 5.74) is 0.644. The molecule has 2 aromatic carbocycles. The van der Waals surface area contributed by atoms with Crippen molar-refractivity contribution in [3.05, 3.63) is 63.7 Å². The zero-order chi connectivity index (χ0) is 22.5. The molecule has 0 heterocycles. The highest BCUT2D eigenvalue weighted by atomic mass is 16.6. The summed E-state index contributed by atoms with van der Waals surface area (Å²) >= 11 is 0. The minimum Gasteiger partial charge on any atom is -0.452 e. The first-order chi connectivity index (χ1) is 14.8. The number of nitro groups is 1. The van der Waals surface area contributed by atoms with Gasteiger partial charge in [-0.1, -0.05) is 12.1 Å². The van der Waals surface area contributed by atoms with E-state index in [1.165, 1.54) is 12.1 Å². The Labute approximate surface area is 178 Å². The molecule has 0 unspecified atom stereocenters. The van der Waals surface area contributed by atoms with Gasteiger partial charge in [-0.15, -0.1) is 0 Å². The number of nitrogens with zero attached hydrogens (tertiary/aromatic N) is 2. The Bertz CT molecular complexity index is 1030. The summed E-state index contributed by atoms with van der Waals surface area (Å²) in [5, 5.41) is 16.7. The van der Waals surface area contributed by atoms with Crippen molar-refractivity contribution in [3.63, 3.8) is 0 Å². The van der Waals surface area contributed by atoms with Gasteiger partial charge in [0.1, 0.15) is 5.69 Å². The molecule has 1 aliphatic rings. The topological polar surface area (TPSA) is 131 Å². The average Bonchev–Trinajstić information content (AvgIpc) is 3.55. The van der Waals surface area contributed by atoms with Crippen LogP contribution < -0.4 is 15.5 Å². The molecule has 0 atom stereocenters. The van der Waals surface area contributed by atoms with Crippen LogP contribution in [0.4, 0.5) is 17.1 Å². The number of nitro benzene ring substituents is 1. The van der Waals surface area contributed by atoms with Crippen LogP contribution in [-0.2, 0) is 9.53 Å². The first-order valence-electron chi connectivity index (χ1n) is 9.59. The zero-order valence-corrected chi connectivity index (χ0v) is 17.1. The van der Waals surface area contributed by atoms with Crippen molar-refractivity contribution < 1.29 is 24.0 Å². The molecule has 1 saturated carbocycles. The molecule has 10 heteroatoms. The minimum absolute atomic E-state index is 0.0469. The number of carbonyl (C=O) groups is 3. The van der Waals surface area contributed by atoms with Gasteiger partial charge in [0.15, 0.2) is 6.61 Å². The highest BCUT2D eigenvalue weighted by Crippen LogP contribution is 2.28. The van der Waals surface area contributed by atoms with Crippen LogP contribution in [0.1, 0.15) is 33.6 Å². The van der Waals surface area contributed by atoms with Crippen LogP contribution in [0.3, 0.4) is 0 Å².